The highest BCUT2D eigenvalue weighted by molar-refractivity contribution is 5.73. The summed E-state index contributed by atoms with van der Waals surface area (Å²) in [4.78, 5) is 0. The number of hydrogen-bond donors (Lipinski definition) is 1. The van der Waals surface area contributed by atoms with E-state index in [0.29, 0.717) is 30.5 Å². The molecule has 110 valence electrons. The van der Waals surface area contributed by atoms with Gasteiger partial charge in [0.1, 0.15) is 24.7 Å². The number of benzene rings is 2. The standard InChI is InChI=1S/C16H17NO4/c1-18-13-6-4-3-5-11(13)17-12-9-15-16(10-14(12)19-2)21-8-7-20-15/h3-6,9-10,17H,7-8H2,1-2H3. The van der Waals surface area contributed by atoms with E-state index in [4.69, 9.17) is 18.9 Å². The first-order valence-electron chi connectivity index (χ1n) is 6.69. The molecule has 3 rings (SSSR count). The zero-order valence-electron chi connectivity index (χ0n) is 12.0. The first kappa shape index (κ1) is 13.4. The molecule has 0 bridgehead atoms. The van der Waals surface area contributed by atoms with Gasteiger partial charge in [0.15, 0.2) is 11.5 Å². The number of ether oxygens (including phenoxy) is 4. The number of hydrogen-bond acceptors (Lipinski definition) is 5. The van der Waals surface area contributed by atoms with E-state index in [1.807, 2.05) is 36.4 Å². The molecule has 1 heterocycles. The van der Waals surface area contributed by atoms with Crippen LogP contribution >= 0.6 is 0 Å². The maximum Gasteiger partial charge on any atom is 0.165 e. The average Bonchev–Trinajstić information content (AvgIpc) is 2.54. The van der Waals surface area contributed by atoms with Crippen molar-refractivity contribution in [1.82, 2.24) is 0 Å². The summed E-state index contributed by atoms with van der Waals surface area (Å²) in [5.41, 5.74) is 1.65. The molecule has 1 aliphatic rings. The van der Waals surface area contributed by atoms with Crippen LogP contribution in [0.3, 0.4) is 0 Å². The Hall–Kier alpha value is -2.56. The van der Waals surface area contributed by atoms with Crippen LogP contribution < -0.4 is 24.3 Å². The molecule has 5 heteroatoms. The molecule has 2 aromatic carbocycles. The summed E-state index contributed by atoms with van der Waals surface area (Å²) in [6.45, 7) is 1.10. The van der Waals surface area contributed by atoms with Crippen molar-refractivity contribution in [1.29, 1.82) is 0 Å². The first-order chi connectivity index (χ1) is 10.3. The van der Waals surface area contributed by atoms with Crippen LogP contribution in [0.5, 0.6) is 23.0 Å². The Morgan fingerprint density at radius 2 is 1.52 bits per heavy atom. The Morgan fingerprint density at radius 1 is 0.857 bits per heavy atom. The number of rotatable bonds is 4. The van der Waals surface area contributed by atoms with Crippen LogP contribution in [0.4, 0.5) is 11.4 Å². The lowest BCUT2D eigenvalue weighted by Gasteiger charge is -2.21. The van der Waals surface area contributed by atoms with Crippen molar-refractivity contribution in [3.8, 4) is 23.0 Å². The third-order valence-electron chi connectivity index (χ3n) is 3.24. The molecule has 0 spiro atoms. The van der Waals surface area contributed by atoms with Gasteiger partial charge in [-0.3, -0.25) is 0 Å². The highest BCUT2D eigenvalue weighted by Gasteiger charge is 2.17. The van der Waals surface area contributed by atoms with E-state index >= 15 is 0 Å². The summed E-state index contributed by atoms with van der Waals surface area (Å²) in [7, 11) is 3.26. The topological polar surface area (TPSA) is 49.0 Å². The van der Waals surface area contributed by atoms with Crippen molar-refractivity contribution in [2.75, 3.05) is 32.8 Å². The lowest BCUT2D eigenvalue weighted by molar-refractivity contribution is 0.171. The highest BCUT2D eigenvalue weighted by atomic mass is 16.6. The van der Waals surface area contributed by atoms with Gasteiger partial charge in [0.25, 0.3) is 0 Å². The third-order valence-corrected chi connectivity index (χ3v) is 3.24. The molecular formula is C16H17NO4. The van der Waals surface area contributed by atoms with Crippen LogP contribution in [0.15, 0.2) is 36.4 Å². The molecule has 1 aliphatic heterocycles. The van der Waals surface area contributed by atoms with Crippen molar-refractivity contribution < 1.29 is 18.9 Å². The van der Waals surface area contributed by atoms with Gasteiger partial charge < -0.3 is 24.3 Å². The van der Waals surface area contributed by atoms with Crippen LogP contribution in [-0.2, 0) is 0 Å². The molecule has 0 fully saturated rings. The minimum absolute atomic E-state index is 0.549. The van der Waals surface area contributed by atoms with E-state index in [0.717, 1.165) is 17.1 Å². The van der Waals surface area contributed by atoms with E-state index in [9.17, 15) is 0 Å². The largest absolute Gasteiger partial charge is 0.495 e. The maximum absolute atomic E-state index is 5.61. The number of fused-ring (bicyclic) bond motifs is 1. The lowest BCUT2D eigenvalue weighted by atomic mass is 10.2. The Balaban J connectivity index is 1.97. The van der Waals surface area contributed by atoms with Crippen LogP contribution in [0.1, 0.15) is 0 Å². The number of para-hydroxylation sites is 2. The molecule has 5 nitrogen and oxygen atoms in total. The van der Waals surface area contributed by atoms with E-state index in [1.165, 1.54) is 0 Å². The maximum atomic E-state index is 5.61. The first-order valence-corrected chi connectivity index (χ1v) is 6.69. The Labute approximate surface area is 123 Å². The van der Waals surface area contributed by atoms with E-state index in [1.54, 1.807) is 14.2 Å². The molecular weight excluding hydrogens is 270 g/mol. The fourth-order valence-corrected chi connectivity index (χ4v) is 2.23. The Morgan fingerprint density at radius 3 is 2.24 bits per heavy atom. The molecule has 1 N–H and O–H groups in total. The number of nitrogens with one attached hydrogen (secondary N) is 1. The second kappa shape index (κ2) is 5.83. The molecule has 0 radical (unpaired) electrons. The zero-order valence-corrected chi connectivity index (χ0v) is 12.0. The molecule has 2 aromatic rings. The van der Waals surface area contributed by atoms with E-state index in [-0.39, 0.29) is 0 Å². The van der Waals surface area contributed by atoms with E-state index in [2.05, 4.69) is 5.32 Å². The van der Waals surface area contributed by atoms with Crippen LogP contribution in [0.25, 0.3) is 0 Å². The van der Waals surface area contributed by atoms with E-state index < -0.39 is 0 Å². The quantitative estimate of drug-likeness (QED) is 0.935. The summed E-state index contributed by atoms with van der Waals surface area (Å²) in [6, 6.07) is 11.4. The summed E-state index contributed by atoms with van der Waals surface area (Å²) in [5, 5.41) is 3.31. The second-order valence-corrected chi connectivity index (χ2v) is 4.52. The van der Waals surface area contributed by atoms with Crippen molar-refractivity contribution in [2.24, 2.45) is 0 Å². The van der Waals surface area contributed by atoms with Crippen LogP contribution in [0.2, 0.25) is 0 Å². The Bertz CT molecular complexity index is 642. The summed E-state index contributed by atoms with van der Waals surface area (Å²) in [6.07, 6.45) is 0. The summed E-state index contributed by atoms with van der Waals surface area (Å²) >= 11 is 0. The number of anilines is 2. The van der Waals surface area contributed by atoms with Gasteiger partial charge in [-0.2, -0.15) is 0 Å². The average molecular weight is 287 g/mol. The molecule has 0 aromatic heterocycles. The fraction of sp³-hybridized carbons (Fsp3) is 0.250. The molecule has 0 amide bonds. The Kier molecular flexibility index (Phi) is 3.73. The number of methoxy groups -OCH3 is 2. The lowest BCUT2D eigenvalue weighted by Crippen LogP contribution is -2.15. The predicted octanol–water partition coefficient (Wildman–Crippen LogP) is 3.22. The molecule has 0 aliphatic carbocycles. The summed E-state index contributed by atoms with van der Waals surface area (Å²) < 4.78 is 21.9. The summed E-state index contributed by atoms with van der Waals surface area (Å²) in [5.74, 6) is 2.85. The highest BCUT2D eigenvalue weighted by Crippen LogP contribution is 2.41. The molecule has 0 atom stereocenters. The monoisotopic (exact) mass is 287 g/mol. The van der Waals surface area contributed by atoms with Gasteiger partial charge in [-0.05, 0) is 12.1 Å². The molecule has 0 saturated carbocycles. The van der Waals surface area contributed by atoms with Gasteiger partial charge in [0, 0.05) is 12.1 Å². The second-order valence-electron chi connectivity index (χ2n) is 4.52. The van der Waals surface area contributed by atoms with Crippen LogP contribution in [-0.4, -0.2) is 27.4 Å². The fourth-order valence-electron chi connectivity index (χ4n) is 2.23. The molecule has 21 heavy (non-hydrogen) atoms. The van der Waals surface area contributed by atoms with Crippen molar-refractivity contribution in [3.05, 3.63) is 36.4 Å². The van der Waals surface area contributed by atoms with Gasteiger partial charge in [0.05, 0.1) is 25.6 Å². The third kappa shape index (κ3) is 2.67. The van der Waals surface area contributed by atoms with Crippen molar-refractivity contribution in [2.45, 2.75) is 0 Å². The SMILES string of the molecule is COc1ccccc1Nc1cc2c(cc1OC)OCCO2. The molecule has 0 saturated heterocycles. The normalized spacial score (nSPS) is 12.7. The predicted molar refractivity (Wildman–Crippen MR) is 80.3 cm³/mol. The van der Waals surface area contributed by atoms with Gasteiger partial charge in [0.2, 0.25) is 0 Å². The van der Waals surface area contributed by atoms with Gasteiger partial charge in [-0.1, -0.05) is 12.1 Å². The smallest absolute Gasteiger partial charge is 0.165 e. The molecule has 0 unspecified atom stereocenters. The van der Waals surface area contributed by atoms with Gasteiger partial charge in [-0.15, -0.1) is 0 Å². The zero-order chi connectivity index (χ0) is 14.7. The van der Waals surface area contributed by atoms with Gasteiger partial charge >= 0.3 is 0 Å². The van der Waals surface area contributed by atoms with Crippen molar-refractivity contribution in [3.63, 3.8) is 0 Å². The van der Waals surface area contributed by atoms with Gasteiger partial charge in [-0.25, -0.2) is 0 Å². The minimum Gasteiger partial charge on any atom is -0.495 e. The van der Waals surface area contributed by atoms with Crippen molar-refractivity contribution >= 4 is 11.4 Å². The van der Waals surface area contributed by atoms with Crippen LogP contribution in [0, 0.1) is 0 Å². The minimum atomic E-state index is 0.549.